The normalized spacial score (nSPS) is 11.6. The van der Waals surface area contributed by atoms with Gasteiger partial charge in [-0.3, -0.25) is 9.00 Å². The first-order valence-electron chi connectivity index (χ1n) is 7.57. The highest BCUT2D eigenvalue weighted by Crippen LogP contribution is 2.31. The summed E-state index contributed by atoms with van der Waals surface area (Å²) < 4.78 is 22.7. The molecule has 1 atom stereocenters. The molecule has 0 fully saturated rings. The monoisotopic (exact) mass is 347 g/mol. The van der Waals surface area contributed by atoms with Crippen molar-refractivity contribution in [3.8, 4) is 11.5 Å². The summed E-state index contributed by atoms with van der Waals surface area (Å²) in [6.07, 6.45) is 1.36. The van der Waals surface area contributed by atoms with Gasteiger partial charge in [-0.1, -0.05) is 18.2 Å². The molecule has 0 N–H and O–H groups in total. The Bertz CT molecular complexity index is 691. The van der Waals surface area contributed by atoms with E-state index in [1.54, 1.807) is 37.3 Å². The Labute approximate surface area is 144 Å². The molecule has 0 radical (unpaired) electrons. The molecule has 0 saturated heterocycles. The number of methoxy groups -OCH3 is 2. The third-order valence-electron chi connectivity index (χ3n) is 3.56. The maximum atomic E-state index is 12.2. The van der Waals surface area contributed by atoms with Crippen LogP contribution in [0.5, 0.6) is 11.5 Å². The van der Waals surface area contributed by atoms with E-state index in [0.29, 0.717) is 35.9 Å². The first-order valence-corrected chi connectivity index (χ1v) is 8.89. The molecule has 0 spiro atoms. The van der Waals surface area contributed by atoms with Crippen molar-refractivity contribution in [2.45, 2.75) is 11.3 Å². The van der Waals surface area contributed by atoms with E-state index < -0.39 is 10.8 Å². The zero-order chi connectivity index (χ0) is 17.4. The molecule has 2 aromatic carbocycles. The standard InChI is InChI=1S/C18H21NO4S/c1-22-15-9-10-18(23-2)17(13-15)19(14-20)11-6-12-24(21)16-7-4-3-5-8-16/h3-5,7-10,13-14H,6,11-12H2,1-2H3. The molecule has 2 rings (SSSR count). The summed E-state index contributed by atoms with van der Waals surface area (Å²) >= 11 is 0. The fourth-order valence-electron chi connectivity index (χ4n) is 2.31. The van der Waals surface area contributed by atoms with Crippen molar-refractivity contribution in [1.82, 2.24) is 0 Å². The van der Waals surface area contributed by atoms with Crippen LogP contribution in [0.3, 0.4) is 0 Å². The summed E-state index contributed by atoms with van der Waals surface area (Å²) in [5, 5.41) is 0. The van der Waals surface area contributed by atoms with Crippen LogP contribution in [0.25, 0.3) is 0 Å². The predicted molar refractivity (Wildman–Crippen MR) is 95.3 cm³/mol. The van der Waals surface area contributed by atoms with Gasteiger partial charge in [0.05, 0.1) is 30.7 Å². The van der Waals surface area contributed by atoms with Crippen LogP contribution in [0.4, 0.5) is 5.69 Å². The highest BCUT2D eigenvalue weighted by Gasteiger charge is 2.13. The van der Waals surface area contributed by atoms with E-state index in [1.807, 2.05) is 30.3 Å². The average Bonchev–Trinajstić information content (AvgIpc) is 2.65. The quantitative estimate of drug-likeness (QED) is 0.655. The number of benzene rings is 2. The van der Waals surface area contributed by atoms with Crippen LogP contribution in [-0.4, -0.2) is 37.1 Å². The minimum atomic E-state index is -1.07. The van der Waals surface area contributed by atoms with E-state index in [-0.39, 0.29) is 0 Å². The van der Waals surface area contributed by atoms with Gasteiger partial charge in [0.25, 0.3) is 0 Å². The van der Waals surface area contributed by atoms with Gasteiger partial charge < -0.3 is 14.4 Å². The smallest absolute Gasteiger partial charge is 0.214 e. The lowest BCUT2D eigenvalue weighted by molar-refractivity contribution is -0.107. The molecule has 2 aromatic rings. The molecule has 0 aromatic heterocycles. The van der Waals surface area contributed by atoms with Crippen molar-refractivity contribution in [2.75, 3.05) is 31.4 Å². The van der Waals surface area contributed by atoms with Crippen LogP contribution in [0.15, 0.2) is 53.4 Å². The van der Waals surface area contributed by atoms with Gasteiger partial charge in [0.1, 0.15) is 11.5 Å². The number of ether oxygens (including phenoxy) is 2. The van der Waals surface area contributed by atoms with Crippen LogP contribution in [-0.2, 0) is 15.6 Å². The molecule has 0 saturated carbocycles. The number of carbonyl (C=O) groups is 1. The Morgan fingerprint density at radius 1 is 1.08 bits per heavy atom. The number of hydrogen-bond donors (Lipinski definition) is 0. The summed E-state index contributed by atoms with van der Waals surface area (Å²) in [6.45, 7) is 0.450. The second-order valence-electron chi connectivity index (χ2n) is 5.05. The molecule has 0 aliphatic carbocycles. The highest BCUT2D eigenvalue weighted by atomic mass is 32.2. The lowest BCUT2D eigenvalue weighted by Gasteiger charge is -2.20. The second kappa shape index (κ2) is 9.08. The van der Waals surface area contributed by atoms with Gasteiger partial charge in [0.15, 0.2) is 0 Å². The van der Waals surface area contributed by atoms with Gasteiger partial charge in [-0.2, -0.15) is 0 Å². The SMILES string of the molecule is COc1ccc(OC)c(N(C=O)CCCS(=O)c2ccccc2)c1. The largest absolute Gasteiger partial charge is 0.497 e. The summed E-state index contributed by atoms with van der Waals surface area (Å²) in [6, 6.07) is 14.6. The highest BCUT2D eigenvalue weighted by molar-refractivity contribution is 7.85. The Morgan fingerprint density at radius 2 is 1.83 bits per heavy atom. The summed E-state index contributed by atoms with van der Waals surface area (Å²) in [4.78, 5) is 13.8. The van der Waals surface area contributed by atoms with E-state index >= 15 is 0 Å². The maximum absolute atomic E-state index is 12.2. The van der Waals surface area contributed by atoms with Crippen molar-refractivity contribution in [1.29, 1.82) is 0 Å². The Morgan fingerprint density at radius 3 is 2.46 bits per heavy atom. The number of hydrogen-bond acceptors (Lipinski definition) is 4. The maximum Gasteiger partial charge on any atom is 0.214 e. The van der Waals surface area contributed by atoms with Gasteiger partial charge in [-0.15, -0.1) is 0 Å². The molecule has 6 heteroatoms. The van der Waals surface area contributed by atoms with Crippen molar-refractivity contribution < 1.29 is 18.5 Å². The zero-order valence-electron chi connectivity index (χ0n) is 13.8. The van der Waals surface area contributed by atoms with Crippen LogP contribution in [0.2, 0.25) is 0 Å². The molecular weight excluding hydrogens is 326 g/mol. The van der Waals surface area contributed by atoms with Crippen molar-refractivity contribution in [3.63, 3.8) is 0 Å². The van der Waals surface area contributed by atoms with E-state index in [0.717, 1.165) is 11.3 Å². The van der Waals surface area contributed by atoms with Crippen molar-refractivity contribution in [3.05, 3.63) is 48.5 Å². The molecule has 0 heterocycles. The molecule has 1 unspecified atom stereocenters. The lowest BCUT2D eigenvalue weighted by Crippen LogP contribution is -2.24. The molecule has 128 valence electrons. The summed E-state index contributed by atoms with van der Waals surface area (Å²) in [5.74, 6) is 1.72. The van der Waals surface area contributed by atoms with Gasteiger partial charge in [0.2, 0.25) is 6.41 Å². The van der Waals surface area contributed by atoms with Gasteiger partial charge >= 0.3 is 0 Å². The van der Waals surface area contributed by atoms with Crippen molar-refractivity contribution >= 4 is 22.9 Å². The Kier molecular flexibility index (Phi) is 6.81. The molecule has 0 bridgehead atoms. The van der Waals surface area contributed by atoms with E-state index in [1.165, 1.54) is 0 Å². The minimum Gasteiger partial charge on any atom is -0.497 e. The number of nitrogens with zero attached hydrogens (tertiary/aromatic N) is 1. The number of carbonyl (C=O) groups excluding carboxylic acids is 1. The van der Waals surface area contributed by atoms with Crippen LogP contribution in [0, 0.1) is 0 Å². The molecule has 24 heavy (non-hydrogen) atoms. The van der Waals surface area contributed by atoms with Crippen molar-refractivity contribution in [2.24, 2.45) is 0 Å². The van der Waals surface area contributed by atoms with E-state index in [4.69, 9.17) is 9.47 Å². The summed E-state index contributed by atoms with van der Waals surface area (Å²) in [7, 11) is 2.05. The number of rotatable bonds is 9. The minimum absolute atomic E-state index is 0.450. The molecule has 0 aliphatic heterocycles. The summed E-state index contributed by atoms with van der Waals surface area (Å²) in [5.41, 5.74) is 0.636. The average molecular weight is 347 g/mol. The molecule has 5 nitrogen and oxygen atoms in total. The molecule has 0 aliphatic rings. The third kappa shape index (κ3) is 4.58. The fraction of sp³-hybridized carbons (Fsp3) is 0.278. The van der Waals surface area contributed by atoms with Crippen LogP contribution < -0.4 is 14.4 Å². The lowest BCUT2D eigenvalue weighted by atomic mass is 10.2. The van der Waals surface area contributed by atoms with Gasteiger partial charge in [0, 0.05) is 23.3 Å². The molecular formula is C18H21NO4S. The third-order valence-corrected chi connectivity index (χ3v) is 5.01. The van der Waals surface area contributed by atoms with E-state index in [2.05, 4.69) is 0 Å². The number of anilines is 1. The van der Waals surface area contributed by atoms with Gasteiger partial charge in [-0.05, 0) is 30.7 Å². The van der Waals surface area contributed by atoms with Gasteiger partial charge in [-0.25, -0.2) is 0 Å². The van der Waals surface area contributed by atoms with Crippen LogP contribution >= 0.6 is 0 Å². The topological polar surface area (TPSA) is 55.8 Å². The first kappa shape index (κ1) is 18.0. The predicted octanol–water partition coefficient (Wildman–Crippen LogP) is 2.86. The fourth-order valence-corrected chi connectivity index (χ4v) is 3.39. The van der Waals surface area contributed by atoms with Crippen LogP contribution in [0.1, 0.15) is 6.42 Å². The zero-order valence-corrected chi connectivity index (χ0v) is 14.6. The number of amides is 1. The Hall–Kier alpha value is -2.34. The Balaban J connectivity index is 2.02. The first-order chi connectivity index (χ1) is 11.7. The second-order valence-corrected chi connectivity index (χ2v) is 6.62. The van der Waals surface area contributed by atoms with E-state index in [9.17, 15) is 9.00 Å². The molecule has 1 amide bonds.